The minimum absolute atomic E-state index is 0.248. The van der Waals surface area contributed by atoms with E-state index in [-0.39, 0.29) is 11.1 Å². The van der Waals surface area contributed by atoms with Gasteiger partial charge in [-0.3, -0.25) is 0 Å². The van der Waals surface area contributed by atoms with E-state index in [0.29, 0.717) is 12.4 Å². The van der Waals surface area contributed by atoms with Gasteiger partial charge in [-0.25, -0.2) is 4.39 Å². The van der Waals surface area contributed by atoms with Crippen molar-refractivity contribution in [1.82, 2.24) is 0 Å². The van der Waals surface area contributed by atoms with Gasteiger partial charge in [0.05, 0.1) is 11.6 Å². The predicted molar refractivity (Wildman–Crippen MR) is 122 cm³/mol. The maximum absolute atomic E-state index is 14.3. The first-order chi connectivity index (χ1) is 14.7. The highest BCUT2D eigenvalue weighted by Crippen LogP contribution is 2.33. The molecule has 146 valence electrons. The number of nitriles is 1. The van der Waals surface area contributed by atoms with E-state index >= 15 is 0 Å². The molecule has 30 heavy (non-hydrogen) atoms. The molecule has 0 heterocycles. The molecule has 0 aromatic heterocycles. The van der Waals surface area contributed by atoms with Crippen LogP contribution in [0.5, 0.6) is 5.75 Å². The number of allylic oxidation sites excluding steroid dienone is 1. The molecule has 0 fully saturated rings. The second kappa shape index (κ2) is 8.94. The molecule has 0 bridgehead atoms. The van der Waals surface area contributed by atoms with Gasteiger partial charge in [-0.2, -0.15) is 5.26 Å². The van der Waals surface area contributed by atoms with Gasteiger partial charge in [-0.1, -0.05) is 76.6 Å². The van der Waals surface area contributed by atoms with E-state index in [9.17, 15) is 9.65 Å². The summed E-state index contributed by atoms with van der Waals surface area (Å²) in [7, 11) is 0. The van der Waals surface area contributed by atoms with E-state index in [1.807, 2.05) is 60.7 Å². The van der Waals surface area contributed by atoms with E-state index in [2.05, 4.69) is 22.0 Å². The Balaban J connectivity index is 1.80. The van der Waals surface area contributed by atoms with E-state index in [1.54, 1.807) is 24.3 Å². The molecular formula is C26H17BrFNO. The summed E-state index contributed by atoms with van der Waals surface area (Å²) in [5.74, 6) is 0.212. The fourth-order valence-electron chi connectivity index (χ4n) is 3.29. The first-order valence-corrected chi connectivity index (χ1v) is 10.2. The standard InChI is InChI=1S/C26H17BrFNO/c27-21-12-9-18(10-13-21)17-30-26-14-11-19-5-1-2-6-22(19)24(26)15-20(16-29)23-7-3-4-8-25(23)28/h1-15H,17H2. The van der Waals surface area contributed by atoms with Gasteiger partial charge >= 0.3 is 0 Å². The topological polar surface area (TPSA) is 33.0 Å². The molecule has 4 rings (SSSR count). The molecule has 4 aromatic rings. The predicted octanol–water partition coefficient (Wildman–Crippen LogP) is 7.38. The number of rotatable bonds is 5. The third-order valence-electron chi connectivity index (χ3n) is 4.81. The molecule has 0 aliphatic heterocycles. The molecule has 0 amide bonds. The average Bonchev–Trinajstić information content (AvgIpc) is 2.78. The maximum atomic E-state index is 14.3. The lowest BCUT2D eigenvalue weighted by molar-refractivity contribution is 0.306. The van der Waals surface area contributed by atoms with Crippen LogP contribution in [0.25, 0.3) is 22.4 Å². The van der Waals surface area contributed by atoms with Crippen molar-refractivity contribution in [2.24, 2.45) is 0 Å². The van der Waals surface area contributed by atoms with Crippen LogP contribution < -0.4 is 4.74 Å². The maximum Gasteiger partial charge on any atom is 0.131 e. The van der Waals surface area contributed by atoms with Crippen molar-refractivity contribution in [2.75, 3.05) is 0 Å². The van der Waals surface area contributed by atoms with Gasteiger partial charge in [-0.15, -0.1) is 0 Å². The van der Waals surface area contributed by atoms with Crippen molar-refractivity contribution in [3.8, 4) is 11.8 Å². The number of halogens is 2. The molecule has 0 saturated heterocycles. The number of benzene rings is 4. The lowest BCUT2D eigenvalue weighted by Crippen LogP contribution is -1.98. The zero-order valence-electron chi connectivity index (χ0n) is 16.0. The summed E-state index contributed by atoms with van der Waals surface area (Å²) in [6, 6.07) is 28.1. The monoisotopic (exact) mass is 457 g/mol. The Hall–Kier alpha value is -3.42. The molecule has 0 saturated carbocycles. The van der Waals surface area contributed by atoms with Crippen LogP contribution in [0.15, 0.2) is 89.4 Å². The molecule has 4 heteroatoms. The van der Waals surface area contributed by atoms with Crippen LogP contribution in [-0.2, 0) is 6.61 Å². The first-order valence-electron chi connectivity index (χ1n) is 9.41. The third-order valence-corrected chi connectivity index (χ3v) is 5.34. The fourth-order valence-corrected chi connectivity index (χ4v) is 3.55. The number of hydrogen-bond donors (Lipinski definition) is 0. The number of nitrogens with zero attached hydrogens (tertiary/aromatic N) is 1. The van der Waals surface area contributed by atoms with Gasteiger partial charge in [0.25, 0.3) is 0 Å². The van der Waals surface area contributed by atoms with Crippen molar-refractivity contribution < 1.29 is 9.13 Å². The molecule has 4 aromatic carbocycles. The Bertz CT molecular complexity index is 1270. The summed E-state index contributed by atoms with van der Waals surface area (Å²) in [5, 5.41) is 11.7. The van der Waals surface area contributed by atoms with Crippen LogP contribution in [0.2, 0.25) is 0 Å². The molecule has 0 radical (unpaired) electrons. The van der Waals surface area contributed by atoms with Crippen molar-refractivity contribution in [1.29, 1.82) is 5.26 Å². The fraction of sp³-hybridized carbons (Fsp3) is 0.0385. The minimum Gasteiger partial charge on any atom is -0.488 e. The van der Waals surface area contributed by atoms with Crippen molar-refractivity contribution in [3.05, 3.63) is 112 Å². The van der Waals surface area contributed by atoms with Crippen molar-refractivity contribution in [2.45, 2.75) is 6.61 Å². The molecule has 0 unspecified atom stereocenters. The summed E-state index contributed by atoms with van der Waals surface area (Å²) >= 11 is 3.43. The molecule has 0 N–H and O–H groups in total. The molecule has 0 aliphatic carbocycles. The van der Waals surface area contributed by atoms with Crippen molar-refractivity contribution >= 4 is 38.4 Å². The average molecular weight is 458 g/mol. The van der Waals surface area contributed by atoms with Crippen molar-refractivity contribution in [3.63, 3.8) is 0 Å². The van der Waals surface area contributed by atoms with E-state index < -0.39 is 5.82 Å². The van der Waals surface area contributed by atoms with Gasteiger partial charge in [0.2, 0.25) is 0 Å². The zero-order chi connectivity index (χ0) is 20.9. The van der Waals surface area contributed by atoms with Crippen LogP contribution >= 0.6 is 15.9 Å². The smallest absolute Gasteiger partial charge is 0.131 e. The van der Waals surface area contributed by atoms with Gasteiger partial charge in [0.15, 0.2) is 0 Å². The summed E-state index contributed by atoms with van der Waals surface area (Å²) in [6.45, 7) is 0.383. The van der Waals surface area contributed by atoms with E-state index in [1.165, 1.54) is 6.07 Å². The molecule has 0 aliphatic rings. The highest BCUT2D eigenvalue weighted by molar-refractivity contribution is 9.10. The quantitative estimate of drug-likeness (QED) is 0.231. The Kier molecular flexibility index (Phi) is 5.92. The minimum atomic E-state index is -0.428. The van der Waals surface area contributed by atoms with E-state index in [0.717, 1.165) is 26.4 Å². The van der Waals surface area contributed by atoms with Gasteiger partial charge < -0.3 is 4.74 Å². The van der Waals surface area contributed by atoms with Gasteiger partial charge in [0.1, 0.15) is 18.2 Å². The van der Waals surface area contributed by atoms with Crippen LogP contribution in [0.4, 0.5) is 4.39 Å². The van der Waals surface area contributed by atoms with Crippen LogP contribution in [0.1, 0.15) is 16.7 Å². The summed E-state index contributed by atoms with van der Waals surface area (Å²) in [6.07, 6.45) is 1.71. The summed E-state index contributed by atoms with van der Waals surface area (Å²) < 4.78 is 21.4. The molecule has 0 atom stereocenters. The Morgan fingerprint density at radius 3 is 2.43 bits per heavy atom. The van der Waals surface area contributed by atoms with Gasteiger partial charge in [0, 0.05) is 15.6 Å². The highest BCUT2D eigenvalue weighted by atomic mass is 79.9. The van der Waals surface area contributed by atoms with Crippen LogP contribution in [-0.4, -0.2) is 0 Å². The van der Waals surface area contributed by atoms with E-state index in [4.69, 9.17) is 4.74 Å². The molecule has 2 nitrogen and oxygen atoms in total. The number of hydrogen-bond acceptors (Lipinski definition) is 2. The largest absolute Gasteiger partial charge is 0.488 e. The zero-order valence-corrected chi connectivity index (χ0v) is 17.6. The van der Waals surface area contributed by atoms with Crippen LogP contribution in [0.3, 0.4) is 0 Å². The lowest BCUT2D eigenvalue weighted by Gasteiger charge is -2.13. The molecule has 0 spiro atoms. The molecular weight excluding hydrogens is 441 g/mol. The Labute approximate surface area is 183 Å². The Morgan fingerprint density at radius 2 is 1.67 bits per heavy atom. The SMILES string of the molecule is N#CC(=Cc1c(OCc2ccc(Br)cc2)ccc2ccccc12)c1ccccc1F. The number of ether oxygens (including phenoxy) is 1. The highest BCUT2D eigenvalue weighted by Gasteiger charge is 2.12. The first kappa shape index (κ1) is 19.9. The summed E-state index contributed by atoms with van der Waals surface area (Å²) in [5.41, 5.74) is 2.30. The third kappa shape index (κ3) is 4.27. The lowest BCUT2D eigenvalue weighted by atomic mass is 9.98. The summed E-state index contributed by atoms with van der Waals surface area (Å²) in [4.78, 5) is 0. The van der Waals surface area contributed by atoms with Gasteiger partial charge in [-0.05, 0) is 46.7 Å². The normalized spacial score (nSPS) is 11.3. The van der Waals surface area contributed by atoms with Crippen LogP contribution in [0, 0.1) is 17.1 Å². The Morgan fingerprint density at radius 1 is 0.933 bits per heavy atom. The second-order valence-corrected chi connectivity index (χ2v) is 7.68. The second-order valence-electron chi connectivity index (χ2n) is 6.76. The number of fused-ring (bicyclic) bond motifs is 1.